The van der Waals surface area contributed by atoms with Crippen LogP contribution >= 0.6 is 15.9 Å². The molecule has 1 fully saturated rings. The van der Waals surface area contributed by atoms with Gasteiger partial charge in [0.05, 0.1) is 22.4 Å². The van der Waals surface area contributed by atoms with Gasteiger partial charge in [-0.3, -0.25) is 4.68 Å². The highest BCUT2D eigenvalue weighted by atomic mass is 79.9. The minimum atomic E-state index is 0.429. The molecule has 0 bridgehead atoms. The Morgan fingerprint density at radius 3 is 3.00 bits per heavy atom. The topological polar surface area (TPSA) is 29.9 Å². The molecule has 0 radical (unpaired) electrons. The molecule has 1 N–H and O–H groups in total. The van der Waals surface area contributed by atoms with Crippen LogP contribution in [-0.2, 0) is 0 Å². The van der Waals surface area contributed by atoms with Crippen LogP contribution in [0.3, 0.4) is 0 Å². The molecule has 1 saturated heterocycles. The van der Waals surface area contributed by atoms with Gasteiger partial charge in [-0.1, -0.05) is 0 Å². The van der Waals surface area contributed by atoms with Crippen LogP contribution < -0.4 is 5.32 Å². The maximum Gasteiger partial charge on any atom is 0.0698 e. The molecule has 1 aromatic rings. The minimum Gasteiger partial charge on any atom is -0.309 e. The molecule has 0 saturated carbocycles. The van der Waals surface area contributed by atoms with Crippen LogP contribution in [0.1, 0.15) is 44.5 Å². The van der Waals surface area contributed by atoms with Crippen molar-refractivity contribution in [1.29, 1.82) is 0 Å². The summed E-state index contributed by atoms with van der Waals surface area (Å²) >= 11 is 3.57. The number of hydrogen-bond donors (Lipinski definition) is 1. The van der Waals surface area contributed by atoms with Gasteiger partial charge < -0.3 is 5.32 Å². The molecule has 14 heavy (non-hydrogen) atoms. The lowest BCUT2D eigenvalue weighted by Gasteiger charge is -2.16. The van der Waals surface area contributed by atoms with Gasteiger partial charge in [0.1, 0.15) is 0 Å². The number of aromatic nitrogens is 2. The van der Waals surface area contributed by atoms with Crippen molar-refractivity contribution in [3.05, 3.63) is 16.4 Å². The van der Waals surface area contributed by atoms with E-state index in [1.165, 1.54) is 18.5 Å². The Labute approximate surface area is 93.0 Å². The molecular formula is C10H16BrN3. The molecule has 0 aliphatic carbocycles. The zero-order valence-corrected chi connectivity index (χ0v) is 10.2. The fourth-order valence-corrected chi connectivity index (χ4v) is 2.56. The lowest BCUT2D eigenvalue weighted by molar-refractivity contribution is 0.471. The summed E-state index contributed by atoms with van der Waals surface area (Å²) in [6, 6.07) is 0.910. The molecule has 1 unspecified atom stereocenters. The van der Waals surface area contributed by atoms with Gasteiger partial charge in [0.2, 0.25) is 0 Å². The highest BCUT2D eigenvalue weighted by Crippen LogP contribution is 2.30. The van der Waals surface area contributed by atoms with Crippen molar-refractivity contribution in [2.75, 3.05) is 6.54 Å². The number of hydrogen-bond acceptors (Lipinski definition) is 2. The Balaban J connectivity index is 2.33. The first-order chi connectivity index (χ1) is 6.70. The van der Waals surface area contributed by atoms with E-state index in [-0.39, 0.29) is 0 Å². The van der Waals surface area contributed by atoms with Gasteiger partial charge in [-0.2, -0.15) is 5.10 Å². The Bertz CT molecular complexity index is 313. The van der Waals surface area contributed by atoms with Crippen LogP contribution in [-0.4, -0.2) is 16.3 Å². The molecule has 1 atom stereocenters. The van der Waals surface area contributed by atoms with Gasteiger partial charge in [0, 0.05) is 6.04 Å². The Morgan fingerprint density at radius 2 is 2.43 bits per heavy atom. The van der Waals surface area contributed by atoms with Crippen molar-refractivity contribution in [2.24, 2.45) is 0 Å². The van der Waals surface area contributed by atoms with Gasteiger partial charge in [-0.25, -0.2) is 0 Å². The van der Waals surface area contributed by atoms with Crippen molar-refractivity contribution in [1.82, 2.24) is 15.1 Å². The molecule has 2 rings (SSSR count). The van der Waals surface area contributed by atoms with Gasteiger partial charge in [-0.05, 0) is 49.2 Å². The summed E-state index contributed by atoms with van der Waals surface area (Å²) in [4.78, 5) is 0. The predicted molar refractivity (Wildman–Crippen MR) is 60.3 cm³/mol. The predicted octanol–water partition coefficient (Wildman–Crippen LogP) is 2.65. The van der Waals surface area contributed by atoms with Gasteiger partial charge in [0.25, 0.3) is 0 Å². The fraction of sp³-hybridized carbons (Fsp3) is 0.700. The first-order valence-electron chi connectivity index (χ1n) is 5.16. The zero-order valence-electron chi connectivity index (χ0n) is 8.63. The molecule has 78 valence electrons. The van der Waals surface area contributed by atoms with E-state index in [4.69, 9.17) is 0 Å². The van der Waals surface area contributed by atoms with E-state index in [1.54, 1.807) is 0 Å². The number of nitrogens with zero attached hydrogens (tertiary/aromatic N) is 2. The Morgan fingerprint density at radius 1 is 1.64 bits per heavy atom. The Hall–Kier alpha value is -0.350. The number of nitrogens with one attached hydrogen (secondary N) is 1. The lowest BCUT2D eigenvalue weighted by Crippen LogP contribution is -2.19. The van der Waals surface area contributed by atoms with Crippen LogP contribution in [0.25, 0.3) is 0 Å². The second kappa shape index (κ2) is 4.03. The fourth-order valence-electron chi connectivity index (χ4n) is 2.01. The standard InChI is InChI=1S/C10H16BrN3/c1-7(2)14-10(8(11)6-13-14)9-4-3-5-12-9/h6-7,9,12H,3-5H2,1-2H3. The first-order valence-corrected chi connectivity index (χ1v) is 5.95. The summed E-state index contributed by atoms with van der Waals surface area (Å²) < 4.78 is 3.23. The van der Waals surface area contributed by atoms with E-state index in [2.05, 4.69) is 44.9 Å². The van der Waals surface area contributed by atoms with E-state index >= 15 is 0 Å². The molecule has 1 aromatic heterocycles. The van der Waals surface area contributed by atoms with Crippen LogP contribution in [0.4, 0.5) is 0 Å². The van der Waals surface area contributed by atoms with Crippen molar-refractivity contribution < 1.29 is 0 Å². The number of halogens is 1. The third kappa shape index (κ3) is 1.73. The van der Waals surface area contributed by atoms with E-state index in [9.17, 15) is 0 Å². The monoisotopic (exact) mass is 257 g/mol. The van der Waals surface area contributed by atoms with Crippen LogP contribution in [0.2, 0.25) is 0 Å². The van der Waals surface area contributed by atoms with Crippen LogP contribution in [0, 0.1) is 0 Å². The van der Waals surface area contributed by atoms with Crippen molar-refractivity contribution in [2.45, 2.75) is 38.8 Å². The molecule has 3 nitrogen and oxygen atoms in total. The summed E-state index contributed by atoms with van der Waals surface area (Å²) in [5.74, 6) is 0. The molecule has 1 aliphatic rings. The summed E-state index contributed by atoms with van der Waals surface area (Å²) in [7, 11) is 0. The summed E-state index contributed by atoms with van der Waals surface area (Å²) in [6.45, 7) is 5.45. The van der Waals surface area contributed by atoms with Crippen LogP contribution in [0.15, 0.2) is 10.7 Å². The Kier molecular flexibility index (Phi) is 2.93. The highest BCUT2D eigenvalue weighted by molar-refractivity contribution is 9.10. The largest absolute Gasteiger partial charge is 0.309 e. The average Bonchev–Trinajstić information content (AvgIpc) is 2.71. The van der Waals surface area contributed by atoms with E-state index < -0.39 is 0 Å². The summed E-state index contributed by atoms with van der Waals surface area (Å²) in [5.41, 5.74) is 1.30. The average molecular weight is 258 g/mol. The maximum absolute atomic E-state index is 4.39. The third-order valence-corrected chi connectivity index (χ3v) is 3.28. The van der Waals surface area contributed by atoms with Crippen molar-refractivity contribution >= 4 is 15.9 Å². The SMILES string of the molecule is CC(C)n1ncc(Br)c1C1CCCN1. The quantitative estimate of drug-likeness (QED) is 0.883. The highest BCUT2D eigenvalue weighted by Gasteiger charge is 2.23. The molecule has 4 heteroatoms. The first kappa shape index (κ1) is 10.2. The van der Waals surface area contributed by atoms with E-state index in [0.717, 1.165) is 11.0 Å². The van der Waals surface area contributed by atoms with Crippen molar-refractivity contribution in [3.63, 3.8) is 0 Å². The minimum absolute atomic E-state index is 0.429. The normalized spacial score (nSPS) is 22.1. The summed E-state index contributed by atoms with van der Waals surface area (Å²) in [5, 5.41) is 7.89. The third-order valence-electron chi connectivity index (χ3n) is 2.67. The second-order valence-corrected chi connectivity index (χ2v) is 4.92. The van der Waals surface area contributed by atoms with Crippen LogP contribution in [0.5, 0.6) is 0 Å². The molecule has 0 amide bonds. The summed E-state index contributed by atoms with van der Waals surface area (Å²) in [6.07, 6.45) is 4.38. The van der Waals surface area contributed by atoms with Gasteiger partial charge in [-0.15, -0.1) is 0 Å². The zero-order chi connectivity index (χ0) is 10.1. The van der Waals surface area contributed by atoms with Gasteiger partial charge in [0.15, 0.2) is 0 Å². The number of rotatable bonds is 2. The lowest BCUT2D eigenvalue weighted by atomic mass is 10.1. The van der Waals surface area contributed by atoms with E-state index in [1.807, 2.05) is 6.20 Å². The smallest absolute Gasteiger partial charge is 0.0698 e. The maximum atomic E-state index is 4.39. The van der Waals surface area contributed by atoms with E-state index in [0.29, 0.717) is 12.1 Å². The molecule has 0 aromatic carbocycles. The second-order valence-electron chi connectivity index (χ2n) is 4.07. The molecular weight excluding hydrogens is 242 g/mol. The van der Waals surface area contributed by atoms with Gasteiger partial charge >= 0.3 is 0 Å². The molecule has 0 spiro atoms. The molecule has 1 aliphatic heterocycles. The molecule has 2 heterocycles. The van der Waals surface area contributed by atoms with Crippen molar-refractivity contribution in [3.8, 4) is 0 Å².